The SMILES string of the molecule is Cc1cccc2c1nc(CC(C)(C)C)n2C. The summed E-state index contributed by atoms with van der Waals surface area (Å²) in [5.41, 5.74) is 3.92. The highest BCUT2D eigenvalue weighted by atomic mass is 15.1. The largest absolute Gasteiger partial charge is 0.331 e. The van der Waals surface area contributed by atoms with Crippen molar-refractivity contribution in [1.82, 2.24) is 9.55 Å². The second-order valence-corrected chi connectivity index (χ2v) is 5.77. The molecule has 0 spiro atoms. The molecule has 16 heavy (non-hydrogen) atoms. The summed E-state index contributed by atoms with van der Waals surface area (Å²) in [6, 6.07) is 6.36. The van der Waals surface area contributed by atoms with Crippen molar-refractivity contribution in [2.75, 3.05) is 0 Å². The van der Waals surface area contributed by atoms with Crippen LogP contribution in [0.15, 0.2) is 18.2 Å². The molecule has 0 bridgehead atoms. The average molecular weight is 216 g/mol. The third-order valence-electron chi connectivity index (χ3n) is 2.89. The summed E-state index contributed by atoms with van der Waals surface area (Å²) in [6.45, 7) is 8.87. The van der Waals surface area contributed by atoms with E-state index < -0.39 is 0 Å². The Morgan fingerprint density at radius 1 is 1.25 bits per heavy atom. The Balaban J connectivity index is 2.56. The summed E-state index contributed by atoms with van der Waals surface area (Å²) in [5.74, 6) is 1.18. The van der Waals surface area contributed by atoms with Crippen molar-refractivity contribution >= 4 is 11.0 Å². The van der Waals surface area contributed by atoms with Gasteiger partial charge >= 0.3 is 0 Å². The molecule has 0 N–H and O–H groups in total. The number of hydrogen-bond acceptors (Lipinski definition) is 1. The van der Waals surface area contributed by atoms with Crippen LogP contribution in [-0.4, -0.2) is 9.55 Å². The van der Waals surface area contributed by atoms with Gasteiger partial charge in [0.15, 0.2) is 0 Å². The maximum Gasteiger partial charge on any atom is 0.110 e. The van der Waals surface area contributed by atoms with E-state index in [4.69, 9.17) is 4.98 Å². The maximum absolute atomic E-state index is 4.76. The van der Waals surface area contributed by atoms with Crippen molar-refractivity contribution in [1.29, 1.82) is 0 Å². The first-order chi connectivity index (χ1) is 7.38. The molecular weight excluding hydrogens is 196 g/mol. The van der Waals surface area contributed by atoms with Gasteiger partial charge in [-0.1, -0.05) is 32.9 Å². The topological polar surface area (TPSA) is 17.8 Å². The Labute approximate surface area is 97.3 Å². The molecule has 0 saturated heterocycles. The van der Waals surface area contributed by atoms with E-state index in [0.29, 0.717) is 0 Å². The fourth-order valence-electron chi connectivity index (χ4n) is 2.04. The van der Waals surface area contributed by atoms with Gasteiger partial charge in [-0.2, -0.15) is 0 Å². The average Bonchev–Trinajstić information content (AvgIpc) is 2.44. The van der Waals surface area contributed by atoms with Gasteiger partial charge in [0.05, 0.1) is 11.0 Å². The fourth-order valence-corrected chi connectivity index (χ4v) is 2.04. The van der Waals surface area contributed by atoms with Gasteiger partial charge in [0.1, 0.15) is 5.82 Å². The summed E-state index contributed by atoms with van der Waals surface area (Å²) in [4.78, 5) is 4.76. The highest BCUT2D eigenvalue weighted by molar-refractivity contribution is 5.79. The Kier molecular flexibility index (Phi) is 2.53. The third-order valence-corrected chi connectivity index (χ3v) is 2.89. The molecule has 2 aromatic rings. The Morgan fingerprint density at radius 2 is 1.94 bits per heavy atom. The van der Waals surface area contributed by atoms with Crippen molar-refractivity contribution in [3.63, 3.8) is 0 Å². The molecule has 0 radical (unpaired) electrons. The van der Waals surface area contributed by atoms with Crippen LogP contribution >= 0.6 is 0 Å². The van der Waals surface area contributed by atoms with E-state index in [0.717, 1.165) is 11.9 Å². The number of rotatable bonds is 1. The van der Waals surface area contributed by atoms with Crippen LogP contribution in [0.3, 0.4) is 0 Å². The molecule has 0 atom stereocenters. The van der Waals surface area contributed by atoms with E-state index in [1.54, 1.807) is 0 Å². The second-order valence-electron chi connectivity index (χ2n) is 5.77. The summed E-state index contributed by atoms with van der Waals surface area (Å²) in [7, 11) is 2.11. The van der Waals surface area contributed by atoms with Gasteiger partial charge in [0.2, 0.25) is 0 Å². The summed E-state index contributed by atoms with van der Waals surface area (Å²) < 4.78 is 2.22. The first-order valence-corrected chi connectivity index (χ1v) is 5.79. The molecule has 1 aromatic carbocycles. The first kappa shape index (κ1) is 11.2. The van der Waals surface area contributed by atoms with E-state index in [9.17, 15) is 0 Å². The maximum atomic E-state index is 4.76. The molecule has 0 amide bonds. The standard InChI is InChI=1S/C14H20N2/c1-10-7-6-8-11-13(10)15-12(16(11)5)9-14(2,3)4/h6-8H,9H2,1-5H3. The number of hydrogen-bond donors (Lipinski definition) is 0. The zero-order valence-electron chi connectivity index (χ0n) is 10.8. The number of aromatic nitrogens is 2. The molecule has 0 aliphatic carbocycles. The Morgan fingerprint density at radius 3 is 2.50 bits per heavy atom. The van der Waals surface area contributed by atoms with Crippen molar-refractivity contribution in [2.24, 2.45) is 12.5 Å². The van der Waals surface area contributed by atoms with Gasteiger partial charge in [-0.25, -0.2) is 4.98 Å². The van der Waals surface area contributed by atoms with Crippen LogP contribution in [0.2, 0.25) is 0 Å². The second kappa shape index (κ2) is 3.62. The predicted molar refractivity (Wildman–Crippen MR) is 68.6 cm³/mol. The first-order valence-electron chi connectivity index (χ1n) is 5.79. The molecule has 86 valence electrons. The van der Waals surface area contributed by atoms with Gasteiger partial charge in [-0.05, 0) is 24.0 Å². The van der Waals surface area contributed by atoms with Crippen molar-refractivity contribution < 1.29 is 0 Å². The predicted octanol–water partition coefficient (Wildman–Crippen LogP) is 3.47. The summed E-state index contributed by atoms with van der Waals surface area (Å²) in [6.07, 6.45) is 1.01. The number of benzene rings is 1. The Hall–Kier alpha value is -1.31. The van der Waals surface area contributed by atoms with Gasteiger partial charge in [0.25, 0.3) is 0 Å². The minimum absolute atomic E-state index is 0.281. The minimum Gasteiger partial charge on any atom is -0.331 e. The van der Waals surface area contributed by atoms with Crippen molar-refractivity contribution in [3.05, 3.63) is 29.6 Å². The molecule has 0 aliphatic heterocycles. The molecule has 2 heteroatoms. The van der Waals surface area contributed by atoms with Crippen LogP contribution < -0.4 is 0 Å². The highest BCUT2D eigenvalue weighted by Crippen LogP contribution is 2.24. The van der Waals surface area contributed by atoms with Crippen molar-refractivity contribution in [3.8, 4) is 0 Å². The molecule has 1 heterocycles. The van der Waals surface area contributed by atoms with Gasteiger partial charge in [-0.15, -0.1) is 0 Å². The lowest BCUT2D eigenvalue weighted by Crippen LogP contribution is -2.12. The number of imidazole rings is 1. The van der Waals surface area contributed by atoms with E-state index >= 15 is 0 Å². The smallest absolute Gasteiger partial charge is 0.110 e. The molecule has 0 saturated carbocycles. The lowest BCUT2D eigenvalue weighted by molar-refractivity contribution is 0.396. The molecule has 0 unspecified atom stereocenters. The molecule has 0 aliphatic rings. The number of para-hydroxylation sites is 1. The van der Waals surface area contributed by atoms with E-state index in [-0.39, 0.29) is 5.41 Å². The third kappa shape index (κ3) is 1.97. The van der Waals surface area contributed by atoms with Crippen molar-refractivity contribution in [2.45, 2.75) is 34.1 Å². The normalized spacial score (nSPS) is 12.3. The quantitative estimate of drug-likeness (QED) is 0.713. The molecule has 2 rings (SSSR count). The summed E-state index contributed by atoms with van der Waals surface area (Å²) >= 11 is 0. The van der Waals surface area contributed by atoms with Crippen LogP contribution in [0, 0.1) is 12.3 Å². The highest BCUT2D eigenvalue weighted by Gasteiger charge is 2.16. The van der Waals surface area contributed by atoms with Gasteiger partial charge in [0, 0.05) is 13.5 Å². The molecule has 0 fully saturated rings. The number of aryl methyl sites for hydroxylation is 2. The zero-order valence-corrected chi connectivity index (χ0v) is 10.8. The lowest BCUT2D eigenvalue weighted by atomic mass is 9.92. The monoisotopic (exact) mass is 216 g/mol. The lowest BCUT2D eigenvalue weighted by Gasteiger charge is -2.17. The van der Waals surface area contributed by atoms with E-state index in [1.165, 1.54) is 16.9 Å². The van der Waals surface area contributed by atoms with E-state index in [2.05, 4.69) is 57.5 Å². The van der Waals surface area contributed by atoms with E-state index in [1.807, 2.05) is 0 Å². The fraction of sp³-hybridized carbons (Fsp3) is 0.500. The van der Waals surface area contributed by atoms with Crippen LogP contribution in [0.5, 0.6) is 0 Å². The van der Waals surface area contributed by atoms with Crippen LogP contribution in [-0.2, 0) is 13.5 Å². The number of nitrogens with zero attached hydrogens (tertiary/aromatic N) is 2. The van der Waals surface area contributed by atoms with Crippen LogP contribution in [0.1, 0.15) is 32.2 Å². The number of fused-ring (bicyclic) bond motifs is 1. The van der Waals surface area contributed by atoms with Gasteiger partial charge < -0.3 is 4.57 Å². The van der Waals surface area contributed by atoms with Gasteiger partial charge in [-0.3, -0.25) is 0 Å². The van der Waals surface area contributed by atoms with Crippen LogP contribution in [0.25, 0.3) is 11.0 Å². The minimum atomic E-state index is 0.281. The zero-order chi connectivity index (χ0) is 11.9. The molecule has 1 aromatic heterocycles. The molecule has 2 nitrogen and oxygen atoms in total. The summed E-state index contributed by atoms with van der Waals surface area (Å²) in [5, 5.41) is 0. The molecular formula is C14H20N2. The van der Waals surface area contributed by atoms with Crippen LogP contribution in [0.4, 0.5) is 0 Å². The Bertz CT molecular complexity index is 515.